The third-order valence-electron chi connectivity index (χ3n) is 2.87. The van der Waals surface area contributed by atoms with Crippen molar-refractivity contribution in [2.45, 2.75) is 18.9 Å². The van der Waals surface area contributed by atoms with Crippen LogP contribution in [0.1, 0.15) is 18.4 Å². The molecule has 1 aromatic carbocycles. The summed E-state index contributed by atoms with van der Waals surface area (Å²) in [7, 11) is 0. The first-order chi connectivity index (χ1) is 7.74. The molecular formula is C12H12N2O2. The number of benzene rings is 1. The van der Waals surface area contributed by atoms with E-state index in [2.05, 4.69) is 6.07 Å². The van der Waals surface area contributed by atoms with Gasteiger partial charge < -0.3 is 10.0 Å². The summed E-state index contributed by atoms with van der Waals surface area (Å²) in [6.45, 7) is 0.704. The van der Waals surface area contributed by atoms with Gasteiger partial charge in [0.2, 0.25) is 0 Å². The van der Waals surface area contributed by atoms with E-state index in [9.17, 15) is 4.79 Å². The van der Waals surface area contributed by atoms with Crippen molar-refractivity contribution in [2.24, 2.45) is 0 Å². The van der Waals surface area contributed by atoms with Gasteiger partial charge in [-0.1, -0.05) is 12.1 Å². The molecule has 1 heterocycles. The van der Waals surface area contributed by atoms with E-state index in [-0.39, 0.29) is 0 Å². The van der Waals surface area contributed by atoms with Crippen LogP contribution in [0, 0.1) is 11.3 Å². The summed E-state index contributed by atoms with van der Waals surface area (Å²) in [5.41, 5.74) is 1.27. The first-order valence-electron chi connectivity index (χ1n) is 5.22. The molecule has 1 aromatic rings. The number of nitriles is 1. The molecule has 0 aromatic heterocycles. The number of hydrogen-bond donors (Lipinski definition) is 1. The minimum atomic E-state index is -0.815. The van der Waals surface area contributed by atoms with Gasteiger partial charge in [0.15, 0.2) is 0 Å². The van der Waals surface area contributed by atoms with Gasteiger partial charge in [0.1, 0.15) is 12.1 Å². The zero-order chi connectivity index (χ0) is 11.5. The molecule has 0 radical (unpaired) electrons. The van der Waals surface area contributed by atoms with Gasteiger partial charge in [-0.25, -0.2) is 4.79 Å². The Morgan fingerprint density at radius 3 is 2.94 bits per heavy atom. The maximum absolute atomic E-state index is 11.1. The highest BCUT2D eigenvalue weighted by Crippen LogP contribution is 2.28. The number of aliphatic carboxylic acids is 1. The van der Waals surface area contributed by atoms with Gasteiger partial charge in [-0.05, 0) is 25.0 Å². The van der Waals surface area contributed by atoms with Crippen LogP contribution < -0.4 is 4.90 Å². The lowest BCUT2D eigenvalue weighted by Crippen LogP contribution is -2.36. The van der Waals surface area contributed by atoms with E-state index in [0.29, 0.717) is 18.5 Å². The summed E-state index contributed by atoms with van der Waals surface area (Å²) in [6, 6.07) is 8.74. The Hall–Kier alpha value is -2.02. The number of carboxylic acid groups (broad SMARTS) is 1. The fourth-order valence-electron chi connectivity index (χ4n) is 2.13. The third kappa shape index (κ3) is 1.72. The van der Waals surface area contributed by atoms with E-state index in [1.54, 1.807) is 23.1 Å². The molecule has 1 fully saturated rings. The predicted octanol–water partition coefficient (Wildman–Crippen LogP) is 1.61. The third-order valence-corrected chi connectivity index (χ3v) is 2.87. The molecule has 2 rings (SSSR count). The molecule has 0 amide bonds. The molecule has 0 saturated carbocycles. The van der Waals surface area contributed by atoms with Gasteiger partial charge in [-0.2, -0.15) is 5.26 Å². The number of carbonyl (C=O) groups is 1. The highest BCUT2D eigenvalue weighted by Gasteiger charge is 2.31. The average Bonchev–Trinajstić information content (AvgIpc) is 2.77. The van der Waals surface area contributed by atoms with E-state index >= 15 is 0 Å². The van der Waals surface area contributed by atoms with Crippen molar-refractivity contribution in [1.82, 2.24) is 0 Å². The lowest BCUT2D eigenvalue weighted by atomic mass is 10.1. The smallest absolute Gasteiger partial charge is 0.326 e. The van der Waals surface area contributed by atoms with Crippen LogP contribution in [0.2, 0.25) is 0 Å². The van der Waals surface area contributed by atoms with Crippen LogP contribution in [-0.4, -0.2) is 23.7 Å². The Morgan fingerprint density at radius 1 is 1.50 bits per heavy atom. The summed E-state index contributed by atoms with van der Waals surface area (Å²) in [4.78, 5) is 12.9. The largest absolute Gasteiger partial charge is 0.480 e. The second kappa shape index (κ2) is 4.23. The molecule has 0 bridgehead atoms. The van der Waals surface area contributed by atoms with Gasteiger partial charge in [-0.3, -0.25) is 0 Å². The van der Waals surface area contributed by atoms with Crippen molar-refractivity contribution in [3.63, 3.8) is 0 Å². The molecule has 0 spiro atoms. The Bertz CT molecular complexity index is 451. The normalized spacial score (nSPS) is 19.4. The van der Waals surface area contributed by atoms with Crippen molar-refractivity contribution in [2.75, 3.05) is 11.4 Å². The molecule has 4 nitrogen and oxygen atoms in total. The minimum Gasteiger partial charge on any atom is -0.480 e. The van der Waals surface area contributed by atoms with E-state index in [1.807, 2.05) is 6.07 Å². The fraction of sp³-hybridized carbons (Fsp3) is 0.333. The Labute approximate surface area is 93.7 Å². The molecule has 1 atom stereocenters. The summed E-state index contributed by atoms with van der Waals surface area (Å²) >= 11 is 0. The standard InChI is InChI=1S/C12H12N2O2/c13-8-9-4-1-2-5-10(9)14-7-3-6-11(14)12(15)16/h1-2,4-5,11H,3,6-7H2,(H,15,16)/t11-/m1/s1. The Kier molecular flexibility index (Phi) is 2.78. The highest BCUT2D eigenvalue weighted by atomic mass is 16.4. The van der Waals surface area contributed by atoms with Gasteiger partial charge in [0, 0.05) is 6.54 Å². The van der Waals surface area contributed by atoms with Crippen LogP contribution in [0.3, 0.4) is 0 Å². The van der Waals surface area contributed by atoms with Gasteiger partial charge in [-0.15, -0.1) is 0 Å². The van der Waals surface area contributed by atoms with Crippen LogP contribution in [0.25, 0.3) is 0 Å². The summed E-state index contributed by atoms with van der Waals surface area (Å²) < 4.78 is 0. The molecule has 16 heavy (non-hydrogen) atoms. The quantitative estimate of drug-likeness (QED) is 0.815. The first kappa shape index (κ1) is 10.5. The Morgan fingerprint density at radius 2 is 2.25 bits per heavy atom. The van der Waals surface area contributed by atoms with Gasteiger partial charge >= 0.3 is 5.97 Å². The van der Waals surface area contributed by atoms with Crippen molar-refractivity contribution in [1.29, 1.82) is 5.26 Å². The molecule has 1 aliphatic rings. The van der Waals surface area contributed by atoms with Crippen LogP contribution in [-0.2, 0) is 4.79 Å². The van der Waals surface area contributed by atoms with Gasteiger partial charge in [0.25, 0.3) is 0 Å². The maximum atomic E-state index is 11.1. The molecular weight excluding hydrogens is 204 g/mol. The van der Waals surface area contributed by atoms with Crippen molar-refractivity contribution < 1.29 is 9.90 Å². The van der Waals surface area contributed by atoms with Crippen LogP contribution in [0.15, 0.2) is 24.3 Å². The topological polar surface area (TPSA) is 64.3 Å². The summed E-state index contributed by atoms with van der Waals surface area (Å²) in [6.07, 6.45) is 1.51. The van der Waals surface area contributed by atoms with Gasteiger partial charge in [0.05, 0.1) is 11.3 Å². The zero-order valence-corrected chi connectivity index (χ0v) is 8.76. The molecule has 1 N–H and O–H groups in total. The van der Waals surface area contributed by atoms with Crippen LogP contribution in [0.4, 0.5) is 5.69 Å². The Balaban J connectivity index is 2.37. The number of nitrogens with zero attached hydrogens (tertiary/aromatic N) is 2. The molecule has 1 saturated heterocycles. The van der Waals surface area contributed by atoms with E-state index in [0.717, 1.165) is 12.1 Å². The highest BCUT2D eigenvalue weighted by molar-refractivity contribution is 5.80. The minimum absolute atomic E-state index is 0.491. The van der Waals surface area contributed by atoms with Crippen molar-refractivity contribution in [3.05, 3.63) is 29.8 Å². The molecule has 82 valence electrons. The maximum Gasteiger partial charge on any atom is 0.326 e. The fourth-order valence-corrected chi connectivity index (χ4v) is 2.13. The summed E-state index contributed by atoms with van der Waals surface area (Å²) in [5, 5.41) is 18.1. The second-order valence-corrected chi connectivity index (χ2v) is 3.82. The zero-order valence-electron chi connectivity index (χ0n) is 8.76. The second-order valence-electron chi connectivity index (χ2n) is 3.82. The number of carboxylic acids is 1. The summed E-state index contributed by atoms with van der Waals surface area (Å²) in [5.74, 6) is -0.815. The van der Waals surface area contributed by atoms with Crippen molar-refractivity contribution in [3.8, 4) is 6.07 Å². The van der Waals surface area contributed by atoms with Crippen molar-refractivity contribution >= 4 is 11.7 Å². The molecule has 0 unspecified atom stereocenters. The van der Waals surface area contributed by atoms with E-state index < -0.39 is 12.0 Å². The monoisotopic (exact) mass is 216 g/mol. The van der Waals surface area contributed by atoms with E-state index in [1.165, 1.54) is 0 Å². The number of hydrogen-bond acceptors (Lipinski definition) is 3. The SMILES string of the molecule is N#Cc1ccccc1N1CCC[C@@H]1C(=O)O. The van der Waals surface area contributed by atoms with Crippen LogP contribution >= 0.6 is 0 Å². The number of rotatable bonds is 2. The first-order valence-corrected chi connectivity index (χ1v) is 5.22. The van der Waals surface area contributed by atoms with Crippen LogP contribution in [0.5, 0.6) is 0 Å². The number of anilines is 1. The lowest BCUT2D eigenvalue weighted by molar-refractivity contribution is -0.138. The molecule has 0 aliphatic carbocycles. The molecule has 4 heteroatoms. The average molecular weight is 216 g/mol. The van der Waals surface area contributed by atoms with E-state index in [4.69, 9.17) is 10.4 Å². The molecule has 1 aliphatic heterocycles. The number of para-hydroxylation sites is 1. The lowest BCUT2D eigenvalue weighted by Gasteiger charge is -2.24. The predicted molar refractivity (Wildman–Crippen MR) is 59.2 cm³/mol.